The van der Waals surface area contributed by atoms with E-state index in [-0.39, 0.29) is 0 Å². The monoisotopic (exact) mass is 195 g/mol. The molecule has 0 heterocycles. The third-order valence-corrected chi connectivity index (χ3v) is 2.62. The Morgan fingerprint density at radius 3 is 2.79 bits per heavy atom. The summed E-state index contributed by atoms with van der Waals surface area (Å²) in [6.45, 7) is 6.41. The number of hydrogen-bond acceptors (Lipinski definition) is 3. The highest BCUT2D eigenvalue weighted by molar-refractivity contribution is 4.86. The predicted octanol–water partition coefficient (Wildman–Crippen LogP) is 1.36. The smallest absolute Gasteiger partial charge is 0.0635 e. The molecule has 1 rings (SSSR count). The van der Waals surface area contributed by atoms with Crippen LogP contribution in [0.4, 0.5) is 0 Å². The van der Waals surface area contributed by atoms with E-state index in [9.17, 15) is 0 Å². The first kappa shape index (κ1) is 11.5. The van der Waals surface area contributed by atoms with Gasteiger partial charge in [-0.3, -0.25) is 4.90 Å². The molecule has 0 radical (unpaired) electrons. The standard InChI is InChI=1S/C11H21N3/c1-2-13-8-4-10-14(9-3-7-12)11-5-6-11/h11,13H,2-6,8-10H2,1H3. The molecule has 1 N–H and O–H groups in total. The van der Waals surface area contributed by atoms with Crippen LogP contribution in [-0.4, -0.2) is 37.1 Å². The molecule has 0 atom stereocenters. The Morgan fingerprint density at radius 1 is 1.43 bits per heavy atom. The second-order valence-electron chi connectivity index (χ2n) is 3.88. The van der Waals surface area contributed by atoms with E-state index < -0.39 is 0 Å². The first-order chi connectivity index (χ1) is 6.88. The fourth-order valence-corrected chi connectivity index (χ4v) is 1.69. The molecule has 0 spiro atoms. The number of rotatable bonds is 8. The summed E-state index contributed by atoms with van der Waals surface area (Å²) >= 11 is 0. The predicted molar refractivity (Wildman–Crippen MR) is 58.0 cm³/mol. The quantitative estimate of drug-likeness (QED) is 0.594. The average Bonchev–Trinajstić information content (AvgIpc) is 3.00. The molecule has 0 bridgehead atoms. The van der Waals surface area contributed by atoms with Gasteiger partial charge in [0.15, 0.2) is 0 Å². The summed E-state index contributed by atoms with van der Waals surface area (Å²) in [5.41, 5.74) is 0. The van der Waals surface area contributed by atoms with Gasteiger partial charge in [-0.25, -0.2) is 0 Å². The SMILES string of the molecule is CCNCCCN(CCC#N)C1CC1. The van der Waals surface area contributed by atoms with Crippen LogP contribution in [-0.2, 0) is 0 Å². The Labute approximate surface area is 87.1 Å². The maximum absolute atomic E-state index is 8.54. The zero-order chi connectivity index (χ0) is 10.2. The van der Waals surface area contributed by atoms with Crippen LogP contribution in [0.25, 0.3) is 0 Å². The largest absolute Gasteiger partial charge is 0.317 e. The van der Waals surface area contributed by atoms with Crippen molar-refractivity contribution < 1.29 is 0 Å². The van der Waals surface area contributed by atoms with Gasteiger partial charge in [-0.05, 0) is 38.9 Å². The molecule has 0 aromatic rings. The lowest BCUT2D eigenvalue weighted by molar-refractivity contribution is 0.265. The topological polar surface area (TPSA) is 39.1 Å². The lowest BCUT2D eigenvalue weighted by Crippen LogP contribution is -2.30. The molecule has 0 aromatic carbocycles. The van der Waals surface area contributed by atoms with Gasteiger partial charge in [0.2, 0.25) is 0 Å². The Morgan fingerprint density at radius 2 is 2.21 bits per heavy atom. The van der Waals surface area contributed by atoms with Gasteiger partial charge in [-0.2, -0.15) is 5.26 Å². The van der Waals surface area contributed by atoms with Crippen molar-refractivity contribution in [3.63, 3.8) is 0 Å². The van der Waals surface area contributed by atoms with Crippen molar-refractivity contribution in [2.24, 2.45) is 0 Å². The molecule has 0 unspecified atom stereocenters. The number of hydrogen-bond donors (Lipinski definition) is 1. The molecule has 0 saturated heterocycles. The van der Waals surface area contributed by atoms with E-state index in [2.05, 4.69) is 23.2 Å². The summed E-state index contributed by atoms with van der Waals surface area (Å²) < 4.78 is 0. The Bertz CT molecular complexity index is 181. The Balaban J connectivity index is 2.06. The van der Waals surface area contributed by atoms with Crippen LogP contribution in [0.1, 0.15) is 32.6 Å². The highest BCUT2D eigenvalue weighted by Crippen LogP contribution is 2.26. The van der Waals surface area contributed by atoms with Gasteiger partial charge in [-0.1, -0.05) is 6.92 Å². The summed E-state index contributed by atoms with van der Waals surface area (Å²) in [5, 5.41) is 11.9. The van der Waals surface area contributed by atoms with Crippen LogP contribution in [0.5, 0.6) is 0 Å². The highest BCUT2D eigenvalue weighted by Gasteiger charge is 2.27. The first-order valence-corrected chi connectivity index (χ1v) is 5.70. The minimum absolute atomic E-state index is 0.678. The van der Waals surface area contributed by atoms with Gasteiger partial charge >= 0.3 is 0 Å². The molecule has 1 fully saturated rings. The minimum atomic E-state index is 0.678. The van der Waals surface area contributed by atoms with Crippen molar-refractivity contribution in [1.82, 2.24) is 10.2 Å². The first-order valence-electron chi connectivity index (χ1n) is 5.70. The summed E-state index contributed by atoms with van der Waals surface area (Å²) in [6.07, 6.45) is 4.56. The molecule has 14 heavy (non-hydrogen) atoms. The second-order valence-corrected chi connectivity index (χ2v) is 3.88. The number of nitrogens with zero attached hydrogens (tertiary/aromatic N) is 2. The van der Waals surface area contributed by atoms with Crippen molar-refractivity contribution in [1.29, 1.82) is 5.26 Å². The second kappa shape index (κ2) is 6.80. The molecule has 1 saturated carbocycles. The molecule has 3 heteroatoms. The van der Waals surface area contributed by atoms with Gasteiger partial charge < -0.3 is 5.32 Å². The molecule has 0 aliphatic heterocycles. The van der Waals surface area contributed by atoms with E-state index in [1.165, 1.54) is 19.3 Å². The molecule has 1 aliphatic carbocycles. The molecule has 3 nitrogen and oxygen atoms in total. The van der Waals surface area contributed by atoms with Crippen LogP contribution >= 0.6 is 0 Å². The van der Waals surface area contributed by atoms with Crippen molar-refractivity contribution in [3.05, 3.63) is 0 Å². The molecule has 1 aliphatic rings. The van der Waals surface area contributed by atoms with Gasteiger partial charge in [0, 0.05) is 19.0 Å². The van der Waals surface area contributed by atoms with Crippen LogP contribution in [0.3, 0.4) is 0 Å². The summed E-state index contributed by atoms with van der Waals surface area (Å²) in [4.78, 5) is 2.47. The van der Waals surface area contributed by atoms with E-state index in [1.807, 2.05) is 0 Å². The molecule has 0 aromatic heterocycles. The lowest BCUT2D eigenvalue weighted by Gasteiger charge is -2.20. The van der Waals surface area contributed by atoms with Crippen LogP contribution in [0, 0.1) is 11.3 Å². The van der Waals surface area contributed by atoms with Gasteiger partial charge in [0.05, 0.1) is 6.07 Å². The van der Waals surface area contributed by atoms with E-state index in [4.69, 9.17) is 5.26 Å². The molecular formula is C11H21N3. The molecular weight excluding hydrogens is 174 g/mol. The van der Waals surface area contributed by atoms with Crippen LogP contribution in [0.15, 0.2) is 0 Å². The fourth-order valence-electron chi connectivity index (χ4n) is 1.69. The summed E-state index contributed by atoms with van der Waals surface area (Å²) in [6, 6.07) is 3.02. The third kappa shape index (κ3) is 4.59. The number of nitriles is 1. The highest BCUT2D eigenvalue weighted by atomic mass is 15.2. The zero-order valence-corrected chi connectivity index (χ0v) is 9.13. The fraction of sp³-hybridized carbons (Fsp3) is 0.909. The number of nitrogens with one attached hydrogen (secondary N) is 1. The Hall–Kier alpha value is -0.590. The van der Waals surface area contributed by atoms with E-state index >= 15 is 0 Å². The van der Waals surface area contributed by atoms with Gasteiger partial charge in [-0.15, -0.1) is 0 Å². The maximum atomic E-state index is 8.54. The third-order valence-electron chi connectivity index (χ3n) is 2.62. The minimum Gasteiger partial charge on any atom is -0.317 e. The lowest BCUT2D eigenvalue weighted by atomic mass is 10.3. The molecule has 80 valence electrons. The van der Waals surface area contributed by atoms with E-state index in [0.29, 0.717) is 6.42 Å². The maximum Gasteiger partial charge on any atom is 0.0635 e. The van der Waals surface area contributed by atoms with Gasteiger partial charge in [0.25, 0.3) is 0 Å². The van der Waals surface area contributed by atoms with Crippen molar-refractivity contribution in [2.45, 2.75) is 38.6 Å². The summed E-state index contributed by atoms with van der Waals surface area (Å²) in [5.74, 6) is 0. The van der Waals surface area contributed by atoms with Crippen molar-refractivity contribution in [3.8, 4) is 6.07 Å². The van der Waals surface area contributed by atoms with E-state index in [0.717, 1.165) is 32.2 Å². The van der Waals surface area contributed by atoms with Crippen LogP contribution in [0.2, 0.25) is 0 Å². The average molecular weight is 195 g/mol. The van der Waals surface area contributed by atoms with Crippen molar-refractivity contribution >= 4 is 0 Å². The Kier molecular flexibility index (Phi) is 5.58. The zero-order valence-electron chi connectivity index (χ0n) is 9.13. The normalized spacial score (nSPS) is 15.8. The van der Waals surface area contributed by atoms with Crippen molar-refractivity contribution in [2.75, 3.05) is 26.2 Å². The van der Waals surface area contributed by atoms with E-state index in [1.54, 1.807) is 0 Å². The molecule has 0 amide bonds. The van der Waals surface area contributed by atoms with Gasteiger partial charge in [0.1, 0.15) is 0 Å². The summed E-state index contributed by atoms with van der Waals surface area (Å²) in [7, 11) is 0. The van der Waals surface area contributed by atoms with Crippen LogP contribution < -0.4 is 5.32 Å².